The number of nitrogens with two attached hydrogens (primary N) is 1. The molecule has 0 fully saturated rings. The van der Waals surface area contributed by atoms with Crippen LogP contribution >= 0.6 is 11.8 Å². The van der Waals surface area contributed by atoms with Crippen LogP contribution in [0.3, 0.4) is 0 Å². The second-order valence-corrected chi connectivity index (χ2v) is 6.18. The summed E-state index contributed by atoms with van der Waals surface area (Å²) in [7, 11) is 0. The zero-order chi connectivity index (χ0) is 11.5. The molecule has 1 rings (SSSR count). The maximum absolute atomic E-state index is 6.03. The predicted octanol–water partition coefficient (Wildman–Crippen LogP) is 3.56. The van der Waals surface area contributed by atoms with E-state index >= 15 is 0 Å². The lowest BCUT2D eigenvalue weighted by atomic mass is 10.3. The molecule has 3 heteroatoms. The Bertz CT molecular complexity index is 331. The Morgan fingerprint density at radius 3 is 2.53 bits per heavy atom. The topological polar surface area (TPSA) is 35.2 Å². The van der Waals surface area contributed by atoms with Gasteiger partial charge in [-0.2, -0.15) is 0 Å². The number of thioether (sulfide) groups is 1. The molecule has 0 saturated carbocycles. The average Bonchev–Trinajstić information content (AvgIpc) is 2.10. The van der Waals surface area contributed by atoms with E-state index in [1.165, 1.54) is 0 Å². The van der Waals surface area contributed by atoms with Crippen molar-refractivity contribution in [2.24, 2.45) is 0 Å². The largest absolute Gasteiger partial charge is 0.492 e. The molecular formula is C12H19NOS. The van der Waals surface area contributed by atoms with E-state index in [1.54, 1.807) is 11.8 Å². The van der Waals surface area contributed by atoms with Crippen LogP contribution in [0.5, 0.6) is 5.75 Å². The van der Waals surface area contributed by atoms with E-state index in [2.05, 4.69) is 20.8 Å². The van der Waals surface area contributed by atoms with Gasteiger partial charge in [0.25, 0.3) is 0 Å². The molecule has 0 heterocycles. The molecule has 0 aliphatic heterocycles. The number of ether oxygens (including phenoxy) is 1. The number of benzene rings is 1. The van der Waals surface area contributed by atoms with E-state index in [-0.39, 0.29) is 4.75 Å². The van der Waals surface area contributed by atoms with Crippen LogP contribution in [0.2, 0.25) is 0 Å². The SMILES string of the molecule is CCOc1cccc(SC(C)(C)C)c1N. The van der Waals surface area contributed by atoms with Crippen LogP contribution in [0.4, 0.5) is 5.69 Å². The van der Waals surface area contributed by atoms with Gasteiger partial charge in [-0.25, -0.2) is 0 Å². The Morgan fingerprint density at radius 2 is 2.00 bits per heavy atom. The van der Waals surface area contributed by atoms with Gasteiger partial charge in [0.15, 0.2) is 0 Å². The van der Waals surface area contributed by atoms with Gasteiger partial charge in [0.2, 0.25) is 0 Å². The number of nitrogen functional groups attached to an aromatic ring is 1. The number of para-hydroxylation sites is 1. The molecule has 0 unspecified atom stereocenters. The first-order chi connectivity index (χ1) is 6.94. The van der Waals surface area contributed by atoms with Gasteiger partial charge in [0.05, 0.1) is 12.3 Å². The fourth-order valence-electron chi connectivity index (χ4n) is 1.22. The van der Waals surface area contributed by atoms with Gasteiger partial charge in [-0.05, 0) is 19.1 Å². The van der Waals surface area contributed by atoms with Crippen molar-refractivity contribution in [3.8, 4) is 5.75 Å². The van der Waals surface area contributed by atoms with Crippen molar-refractivity contribution in [3.63, 3.8) is 0 Å². The summed E-state index contributed by atoms with van der Waals surface area (Å²) in [6, 6.07) is 5.93. The molecule has 0 radical (unpaired) electrons. The summed E-state index contributed by atoms with van der Waals surface area (Å²) in [6.07, 6.45) is 0. The molecular weight excluding hydrogens is 206 g/mol. The summed E-state index contributed by atoms with van der Waals surface area (Å²) in [5.41, 5.74) is 6.78. The Hall–Kier alpha value is -0.830. The Labute approximate surface area is 96.2 Å². The van der Waals surface area contributed by atoms with E-state index < -0.39 is 0 Å². The quantitative estimate of drug-likeness (QED) is 0.631. The van der Waals surface area contributed by atoms with Crippen molar-refractivity contribution in [2.45, 2.75) is 37.3 Å². The molecule has 0 aliphatic carbocycles. The second kappa shape index (κ2) is 4.79. The van der Waals surface area contributed by atoms with Crippen molar-refractivity contribution in [2.75, 3.05) is 12.3 Å². The van der Waals surface area contributed by atoms with Crippen molar-refractivity contribution in [1.82, 2.24) is 0 Å². The number of rotatable bonds is 3. The lowest BCUT2D eigenvalue weighted by Crippen LogP contribution is -2.08. The third-order valence-corrected chi connectivity index (χ3v) is 2.93. The van der Waals surface area contributed by atoms with E-state index in [0.717, 1.165) is 16.3 Å². The number of hydrogen-bond donors (Lipinski definition) is 1. The minimum absolute atomic E-state index is 0.166. The summed E-state index contributed by atoms with van der Waals surface area (Å²) in [5.74, 6) is 0.784. The van der Waals surface area contributed by atoms with Crippen LogP contribution in [0.1, 0.15) is 27.7 Å². The maximum atomic E-state index is 6.03. The monoisotopic (exact) mass is 225 g/mol. The molecule has 1 aromatic carbocycles. The highest BCUT2D eigenvalue weighted by molar-refractivity contribution is 8.00. The van der Waals surface area contributed by atoms with E-state index in [0.29, 0.717) is 6.61 Å². The Balaban J connectivity index is 2.94. The molecule has 1 aromatic rings. The third kappa shape index (κ3) is 3.67. The van der Waals surface area contributed by atoms with Crippen LogP contribution in [-0.2, 0) is 0 Å². The van der Waals surface area contributed by atoms with Gasteiger partial charge in [-0.15, -0.1) is 11.8 Å². The van der Waals surface area contributed by atoms with Crippen LogP contribution in [0.15, 0.2) is 23.1 Å². The van der Waals surface area contributed by atoms with Gasteiger partial charge >= 0.3 is 0 Å². The standard InChI is InChI=1S/C12H19NOS/c1-5-14-9-7-6-8-10(11(9)13)15-12(2,3)4/h6-8H,5,13H2,1-4H3. The molecule has 0 bridgehead atoms. The van der Waals surface area contributed by atoms with E-state index in [9.17, 15) is 0 Å². The summed E-state index contributed by atoms with van der Waals surface area (Å²) in [5, 5.41) is 0. The number of hydrogen-bond acceptors (Lipinski definition) is 3. The van der Waals surface area contributed by atoms with Gasteiger partial charge < -0.3 is 10.5 Å². The van der Waals surface area contributed by atoms with E-state index in [4.69, 9.17) is 10.5 Å². The van der Waals surface area contributed by atoms with Crippen LogP contribution < -0.4 is 10.5 Å². The molecule has 2 nitrogen and oxygen atoms in total. The minimum atomic E-state index is 0.166. The molecule has 0 amide bonds. The fraction of sp³-hybridized carbons (Fsp3) is 0.500. The van der Waals surface area contributed by atoms with Crippen molar-refractivity contribution < 1.29 is 4.74 Å². The van der Waals surface area contributed by atoms with Gasteiger partial charge in [-0.3, -0.25) is 0 Å². The fourth-order valence-corrected chi connectivity index (χ4v) is 2.24. The highest BCUT2D eigenvalue weighted by Gasteiger charge is 2.15. The normalized spacial score (nSPS) is 11.5. The highest BCUT2D eigenvalue weighted by atomic mass is 32.2. The average molecular weight is 225 g/mol. The van der Waals surface area contributed by atoms with Crippen LogP contribution in [0.25, 0.3) is 0 Å². The molecule has 0 saturated heterocycles. The Kier molecular flexibility index (Phi) is 3.91. The molecule has 0 aliphatic rings. The van der Waals surface area contributed by atoms with Crippen LogP contribution in [0, 0.1) is 0 Å². The van der Waals surface area contributed by atoms with Crippen molar-refractivity contribution in [3.05, 3.63) is 18.2 Å². The highest BCUT2D eigenvalue weighted by Crippen LogP contribution is 2.39. The zero-order valence-electron chi connectivity index (χ0n) is 9.83. The van der Waals surface area contributed by atoms with E-state index in [1.807, 2.05) is 25.1 Å². The number of anilines is 1. The van der Waals surface area contributed by atoms with Gasteiger partial charge in [-0.1, -0.05) is 26.8 Å². The summed E-state index contributed by atoms with van der Waals surface area (Å²) >= 11 is 1.76. The van der Waals surface area contributed by atoms with Gasteiger partial charge in [0.1, 0.15) is 5.75 Å². The molecule has 0 spiro atoms. The first-order valence-electron chi connectivity index (χ1n) is 5.14. The van der Waals surface area contributed by atoms with Gasteiger partial charge in [0, 0.05) is 9.64 Å². The minimum Gasteiger partial charge on any atom is -0.492 e. The zero-order valence-corrected chi connectivity index (χ0v) is 10.6. The third-order valence-electron chi connectivity index (χ3n) is 1.74. The summed E-state index contributed by atoms with van der Waals surface area (Å²) < 4.78 is 5.62. The second-order valence-electron chi connectivity index (χ2n) is 4.32. The molecule has 84 valence electrons. The molecule has 0 aromatic heterocycles. The smallest absolute Gasteiger partial charge is 0.143 e. The lowest BCUT2D eigenvalue weighted by Gasteiger charge is -2.19. The van der Waals surface area contributed by atoms with Crippen LogP contribution in [-0.4, -0.2) is 11.4 Å². The molecule has 2 N–H and O–H groups in total. The first kappa shape index (κ1) is 12.2. The maximum Gasteiger partial charge on any atom is 0.143 e. The first-order valence-corrected chi connectivity index (χ1v) is 5.96. The molecule has 15 heavy (non-hydrogen) atoms. The summed E-state index contributed by atoms with van der Waals surface area (Å²) in [6.45, 7) is 9.12. The predicted molar refractivity (Wildman–Crippen MR) is 67.6 cm³/mol. The van der Waals surface area contributed by atoms with Crippen molar-refractivity contribution in [1.29, 1.82) is 0 Å². The lowest BCUT2D eigenvalue weighted by molar-refractivity contribution is 0.341. The Morgan fingerprint density at radius 1 is 1.33 bits per heavy atom. The molecule has 0 atom stereocenters. The van der Waals surface area contributed by atoms with Crippen molar-refractivity contribution >= 4 is 17.4 Å². The summed E-state index contributed by atoms with van der Waals surface area (Å²) in [4.78, 5) is 1.09.